The van der Waals surface area contributed by atoms with Crippen LogP contribution >= 0.6 is 0 Å². The molecule has 0 aliphatic heterocycles. The lowest BCUT2D eigenvalue weighted by atomic mass is 10.2. The SMILES string of the molecule is Fc1ccnc(NCc2ccccc2)c1. The number of anilines is 1. The van der Waals surface area contributed by atoms with Gasteiger partial charge in [-0.3, -0.25) is 0 Å². The van der Waals surface area contributed by atoms with E-state index in [9.17, 15) is 4.39 Å². The summed E-state index contributed by atoms with van der Waals surface area (Å²) in [7, 11) is 0. The second kappa shape index (κ2) is 4.55. The third-order valence-electron chi connectivity index (χ3n) is 2.04. The maximum atomic E-state index is 12.8. The van der Waals surface area contributed by atoms with Crippen molar-refractivity contribution in [1.29, 1.82) is 0 Å². The number of halogens is 1. The van der Waals surface area contributed by atoms with E-state index in [-0.39, 0.29) is 5.82 Å². The van der Waals surface area contributed by atoms with E-state index >= 15 is 0 Å². The van der Waals surface area contributed by atoms with Gasteiger partial charge in [-0.1, -0.05) is 30.3 Å². The van der Waals surface area contributed by atoms with Crippen molar-refractivity contribution in [2.45, 2.75) is 6.54 Å². The highest BCUT2D eigenvalue weighted by atomic mass is 19.1. The van der Waals surface area contributed by atoms with Gasteiger partial charge in [-0.15, -0.1) is 0 Å². The minimum absolute atomic E-state index is 0.277. The summed E-state index contributed by atoms with van der Waals surface area (Å²) in [4.78, 5) is 4.00. The van der Waals surface area contributed by atoms with Crippen LogP contribution in [0, 0.1) is 5.82 Å². The molecule has 0 spiro atoms. The average Bonchev–Trinajstić information content (AvgIpc) is 2.28. The molecule has 0 amide bonds. The van der Waals surface area contributed by atoms with Crippen molar-refractivity contribution < 1.29 is 4.39 Å². The lowest BCUT2D eigenvalue weighted by Crippen LogP contribution is -2.01. The molecule has 1 heterocycles. The van der Waals surface area contributed by atoms with Gasteiger partial charge in [0.05, 0.1) is 0 Å². The number of nitrogens with zero attached hydrogens (tertiary/aromatic N) is 1. The van der Waals surface area contributed by atoms with Crippen LogP contribution in [0.5, 0.6) is 0 Å². The second-order valence-corrected chi connectivity index (χ2v) is 3.20. The van der Waals surface area contributed by atoms with Gasteiger partial charge in [-0.2, -0.15) is 0 Å². The van der Waals surface area contributed by atoms with Crippen LogP contribution in [0.15, 0.2) is 48.7 Å². The van der Waals surface area contributed by atoms with Gasteiger partial charge in [-0.25, -0.2) is 9.37 Å². The van der Waals surface area contributed by atoms with Crippen molar-refractivity contribution in [2.24, 2.45) is 0 Å². The Morgan fingerprint density at radius 1 is 1.13 bits per heavy atom. The summed E-state index contributed by atoms with van der Waals surface area (Å²) in [5.74, 6) is 0.277. The van der Waals surface area contributed by atoms with Gasteiger partial charge in [0.25, 0.3) is 0 Å². The zero-order chi connectivity index (χ0) is 10.5. The molecular formula is C12H11FN2. The van der Waals surface area contributed by atoms with Gasteiger partial charge in [0.2, 0.25) is 0 Å². The first-order valence-corrected chi connectivity index (χ1v) is 4.74. The number of hydrogen-bond acceptors (Lipinski definition) is 2. The first-order valence-electron chi connectivity index (χ1n) is 4.74. The monoisotopic (exact) mass is 202 g/mol. The van der Waals surface area contributed by atoms with E-state index in [1.54, 1.807) is 0 Å². The molecule has 2 aromatic rings. The van der Waals surface area contributed by atoms with Crippen LogP contribution in [-0.2, 0) is 6.54 Å². The van der Waals surface area contributed by atoms with E-state index in [1.807, 2.05) is 30.3 Å². The molecule has 0 saturated carbocycles. The van der Waals surface area contributed by atoms with Crippen LogP contribution in [0.2, 0.25) is 0 Å². The topological polar surface area (TPSA) is 24.9 Å². The summed E-state index contributed by atoms with van der Waals surface area (Å²) in [6, 6.07) is 12.6. The number of benzene rings is 1. The number of aromatic nitrogens is 1. The minimum atomic E-state index is -0.277. The lowest BCUT2D eigenvalue weighted by molar-refractivity contribution is 0.626. The Labute approximate surface area is 87.8 Å². The van der Waals surface area contributed by atoms with Crippen molar-refractivity contribution in [2.75, 3.05) is 5.32 Å². The average molecular weight is 202 g/mol. The molecule has 0 aliphatic rings. The van der Waals surface area contributed by atoms with Crippen LogP contribution in [0.4, 0.5) is 10.2 Å². The predicted molar refractivity (Wildman–Crippen MR) is 58.0 cm³/mol. The molecule has 0 saturated heterocycles. The van der Waals surface area contributed by atoms with Crippen molar-refractivity contribution in [1.82, 2.24) is 4.98 Å². The van der Waals surface area contributed by atoms with Crippen LogP contribution in [-0.4, -0.2) is 4.98 Å². The molecule has 3 heteroatoms. The number of hydrogen-bond donors (Lipinski definition) is 1. The largest absolute Gasteiger partial charge is 0.366 e. The van der Waals surface area contributed by atoms with Gasteiger partial charge in [0.1, 0.15) is 11.6 Å². The highest BCUT2D eigenvalue weighted by Gasteiger charge is 1.95. The van der Waals surface area contributed by atoms with Gasteiger partial charge in [0, 0.05) is 18.8 Å². The van der Waals surface area contributed by atoms with Gasteiger partial charge in [0.15, 0.2) is 0 Å². The molecule has 2 nitrogen and oxygen atoms in total. The predicted octanol–water partition coefficient (Wildman–Crippen LogP) is 2.83. The first kappa shape index (κ1) is 9.65. The zero-order valence-electron chi connectivity index (χ0n) is 8.15. The van der Waals surface area contributed by atoms with Crippen molar-refractivity contribution in [3.05, 3.63) is 60.0 Å². The highest BCUT2D eigenvalue weighted by molar-refractivity contribution is 5.35. The Kier molecular flexibility index (Phi) is 2.93. The van der Waals surface area contributed by atoms with Gasteiger partial charge >= 0.3 is 0 Å². The second-order valence-electron chi connectivity index (χ2n) is 3.20. The number of nitrogens with one attached hydrogen (secondary N) is 1. The van der Waals surface area contributed by atoms with Crippen LogP contribution in [0.25, 0.3) is 0 Å². The molecule has 0 radical (unpaired) electrons. The summed E-state index contributed by atoms with van der Waals surface area (Å²) in [6.07, 6.45) is 1.45. The summed E-state index contributed by atoms with van der Waals surface area (Å²) >= 11 is 0. The van der Waals surface area contributed by atoms with E-state index in [1.165, 1.54) is 18.3 Å². The third-order valence-corrected chi connectivity index (χ3v) is 2.04. The Morgan fingerprint density at radius 3 is 2.67 bits per heavy atom. The molecular weight excluding hydrogens is 191 g/mol. The first-order chi connectivity index (χ1) is 7.34. The van der Waals surface area contributed by atoms with E-state index in [4.69, 9.17) is 0 Å². The summed E-state index contributed by atoms with van der Waals surface area (Å²) in [5, 5.41) is 3.05. The Hall–Kier alpha value is -1.90. The third kappa shape index (κ3) is 2.77. The molecule has 1 N–H and O–H groups in total. The molecule has 0 unspecified atom stereocenters. The molecule has 0 bridgehead atoms. The maximum absolute atomic E-state index is 12.8. The molecule has 0 aliphatic carbocycles. The Morgan fingerprint density at radius 2 is 1.93 bits per heavy atom. The lowest BCUT2D eigenvalue weighted by Gasteiger charge is -2.04. The molecule has 0 atom stereocenters. The smallest absolute Gasteiger partial charge is 0.129 e. The van der Waals surface area contributed by atoms with Crippen LogP contribution in [0.3, 0.4) is 0 Å². The van der Waals surface area contributed by atoms with E-state index in [0.717, 1.165) is 5.56 Å². The summed E-state index contributed by atoms with van der Waals surface area (Å²) in [5.41, 5.74) is 1.14. The normalized spacial score (nSPS) is 9.93. The summed E-state index contributed by atoms with van der Waals surface area (Å²) < 4.78 is 12.8. The number of rotatable bonds is 3. The van der Waals surface area contributed by atoms with Crippen molar-refractivity contribution in [3.8, 4) is 0 Å². The molecule has 15 heavy (non-hydrogen) atoms. The molecule has 76 valence electrons. The fourth-order valence-electron chi connectivity index (χ4n) is 1.29. The van der Waals surface area contributed by atoms with Crippen LogP contribution in [0.1, 0.15) is 5.56 Å². The highest BCUT2D eigenvalue weighted by Crippen LogP contribution is 2.07. The minimum Gasteiger partial charge on any atom is -0.366 e. The van der Waals surface area contributed by atoms with Gasteiger partial charge < -0.3 is 5.32 Å². The van der Waals surface area contributed by atoms with E-state index in [0.29, 0.717) is 12.4 Å². The Bertz CT molecular complexity index is 429. The molecule has 2 rings (SSSR count). The van der Waals surface area contributed by atoms with Gasteiger partial charge in [-0.05, 0) is 11.6 Å². The van der Waals surface area contributed by atoms with Crippen molar-refractivity contribution in [3.63, 3.8) is 0 Å². The molecule has 0 fully saturated rings. The quantitative estimate of drug-likeness (QED) is 0.827. The Balaban J connectivity index is 1.99. The summed E-state index contributed by atoms with van der Waals surface area (Å²) in [6.45, 7) is 0.650. The standard InChI is InChI=1S/C12H11FN2/c13-11-6-7-14-12(8-11)15-9-10-4-2-1-3-5-10/h1-8H,9H2,(H,14,15). The maximum Gasteiger partial charge on any atom is 0.129 e. The van der Waals surface area contributed by atoms with E-state index in [2.05, 4.69) is 10.3 Å². The number of pyridine rings is 1. The van der Waals surface area contributed by atoms with E-state index < -0.39 is 0 Å². The molecule has 1 aromatic carbocycles. The van der Waals surface area contributed by atoms with Crippen LogP contribution < -0.4 is 5.32 Å². The zero-order valence-corrected chi connectivity index (χ0v) is 8.15. The van der Waals surface area contributed by atoms with Crippen molar-refractivity contribution >= 4 is 5.82 Å². The molecule has 1 aromatic heterocycles. The fraction of sp³-hybridized carbons (Fsp3) is 0.0833. The fourth-order valence-corrected chi connectivity index (χ4v) is 1.29.